The number of ether oxygens (including phenoxy) is 1. The SMILES string of the molecule is CC(C)(C)OC(=O)Nc1cccnc1CNc1ccc2[nH]ncc2c1. The van der Waals surface area contributed by atoms with Crippen molar-refractivity contribution in [2.75, 3.05) is 10.6 Å². The van der Waals surface area contributed by atoms with Gasteiger partial charge in [0.05, 0.1) is 29.6 Å². The molecule has 0 fully saturated rings. The summed E-state index contributed by atoms with van der Waals surface area (Å²) in [4.78, 5) is 16.3. The zero-order chi connectivity index (χ0) is 17.9. The number of fused-ring (bicyclic) bond motifs is 1. The minimum absolute atomic E-state index is 0.468. The number of hydrogen-bond acceptors (Lipinski definition) is 5. The van der Waals surface area contributed by atoms with Crippen LogP contribution < -0.4 is 10.6 Å². The Morgan fingerprint density at radius 2 is 2.12 bits per heavy atom. The minimum atomic E-state index is -0.551. The summed E-state index contributed by atoms with van der Waals surface area (Å²) in [6, 6.07) is 9.50. The van der Waals surface area contributed by atoms with Crippen molar-refractivity contribution < 1.29 is 9.53 Å². The van der Waals surface area contributed by atoms with Gasteiger partial charge in [0.2, 0.25) is 0 Å². The second kappa shape index (κ2) is 6.80. The summed E-state index contributed by atoms with van der Waals surface area (Å²) in [5.41, 5.74) is 2.72. The highest BCUT2D eigenvalue weighted by atomic mass is 16.6. The molecule has 0 aliphatic rings. The van der Waals surface area contributed by atoms with E-state index in [4.69, 9.17) is 4.74 Å². The predicted molar refractivity (Wildman–Crippen MR) is 97.5 cm³/mol. The van der Waals surface area contributed by atoms with Gasteiger partial charge in [-0.2, -0.15) is 5.10 Å². The third kappa shape index (κ3) is 4.47. The summed E-state index contributed by atoms with van der Waals surface area (Å²) in [6.45, 7) is 5.94. The number of aromatic nitrogens is 3. The first-order chi connectivity index (χ1) is 11.9. The number of H-pyrrole nitrogens is 1. The molecule has 0 atom stereocenters. The first-order valence-corrected chi connectivity index (χ1v) is 8.02. The summed E-state index contributed by atoms with van der Waals surface area (Å²) in [5, 5.41) is 14.0. The minimum Gasteiger partial charge on any atom is -0.444 e. The van der Waals surface area contributed by atoms with Crippen molar-refractivity contribution in [1.82, 2.24) is 15.2 Å². The molecular formula is C18H21N5O2. The number of benzene rings is 1. The van der Waals surface area contributed by atoms with Crippen molar-refractivity contribution in [2.45, 2.75) is 32.9 Å². The van der Waals surface area contributed by atoms with E-state index in [0.29, 0.717) is 12.2 Å². The van der Waals surface area contributed by atoms with Crippen LogP contribution in [0.3, 0.4) is 0 Å². The molecule has 3 N–H and O–H groups in total. The molecule has 0 spiro atoms. The number of carbonyl (C=O) groups is 1. The van der Waals surface area contributed by atoms with Crippen molar-refractivity contribution in [3.8, 4) is 0 Å². The molecule has 0 saturated carbocycles. The molecule has 130 valence electrons. The fourth-order valence-electron chi connectivity index (χ4n) is 2.34. The molecule has 0 aliphatic carbocycles. The molecule has 0 aliphatic heterocycles. The summed E-state index contributed by atoms with van der Waals surface area (Å²) >= 11 is 0. The van der Waals surface area contributed by atoms with Gasteiger partial charge in [0.25, 0.3) is 0 Å². The maximum Gasteiger partial charge on any atom is 0.412 e. The van der Waals surface area contributed by atoms with Crippen molar-refractivity contribution >= 4 is 28.4 Å². The average Bonchev–Trinajstić information content (AvgIpc) is 3.00. The molecule has 2 heterocycles. The highest BCUT2D eigenvalue weighted by Gasteiger charge is 2.17. The van der Waals surface area contributed by atoms with Gasteiger partial charge in [-0.15, -0.1) is 0 Å². The largest absolute Gasteiger partial charge is 0.444 e. The lowest BCUT2D eigenvalue weighted by atomic mass is 10.2. The first-order valence-electron chi connectivity index (χ1n) is 8.02. The van der Waals surface area contributed by atoms with E-state index < -0.39 is 11.7 Å². The molecule has 7 nitrogen and oxygen atoms in total. The van der Waals surface area contributed by atoms with Gasteiger partial charge in [-0.3, -0.25) is 15.4 Å². The Morgan fingerprint density at radius 3 is 2.92 bits per heavy atom. The van der Waals surface area contributed by atoms with Gasteiger partial charge < -0.3 is 10.1 Å². The van der Waals surface area contributed by atoms with Gasteiger partial charge in [0.15, 0.2) is 0 Å². The van der Waals surface area contributed by atoms with Crippen LogP contribution in [0.1, 0.15) is 26.5 Å². The van der Waals surface area contributed by atoms with Crippen LogP contribution in [-0.4, -0.2) is 26.9 Å². The Kier molecular flexibility index (Phi) is 4.56. The van der Waals surface area contributed by atoms with E-state index in [1.54, 1.807) is 24.5 Å². The van der Waals surface area contributed by atoms with Gasteiger partial charge in [-0.1, -0.05) is 0 Å². The number of rotatable bonds is 4. The van der Waals surface area contributed by atoms with Crippen LogP contribution in [-0.2, 0) is 11.3 Å². The number of hydrogen-bond donors (Lipinski definition) is 3. The fraction of sp³-hybridized carbons (Fsp3) is 0.278. The van der Waals surface area contributed by atoms with E-state index in [1.165, 1.54) is 0 Å². The second-order valence-electron chi connectivity index (χ2n) is 6.65. The average molecular weight is 339 g/mol. The molecule has 1 amide bonds. The third-order valence-corrected chi connectivity index (χ3v) is 3.43. The molecule has 0 bridgehead atoms. The monoisotopic (exact) mass is 339 g/mol. The molecule has 3 rings (SSSR count). The lowest BCUT2D eigenvalue weighted by Gasteiger charge is -2.20. The summed E-state index contributed by atoms with van der Waals surface area (Å²) < 4.78 is 5.29. The zero-order valence-corrected chi connectivity index (χ0v) is 14.5. The van der Waals surface area contributed by atoms with E-state index in [-0.39, 0.29) is 0 Å². The highest BCUT2D eigenvalue weighted by Crippen LogP contribution is 2.19. The molecule has 0 radical (unpaired) electrons. The Hall–Kier alpha value is -3.09. The van der Waals surface area contributed by atoms with Gasteiger partial charge in [0, 0.05) is 17.3 Å². The number of nitrogens with zero attached hydrogens (tertiary/aromatic N) is 2. The van der Waals surface area contributed by atoms with Gasteiger partial charge in [-0.25, -0.2) is 4.79 Å². The highest BCUT2D eigenvalue weighted by molar-refractivity contribution is 5.85. The zero-order valence-electron chi connectivity index (χ0n) is 14.5. The fourth-order valence-corrected chi connectivity index (χ4v) is 2.34. The predicted octanol–water partition coefficient (Wildman–Crippen LogP) is 3.92. The van der Waals surface area contributed by atoms with E-state index in [1.807, 2.05) is 39.0 Å². The van der Waals surface area contributed by atoms with Gasteiger partial charge in [0.1, 0.15) is 5.60 Å². The number of carbonyl (C=O) groups excluding carboxylic acids is 1. The molecule has 0 saturated heterocycles. The summed E-state index contributed by atoms with van der Waals surface area (Å²) in [6.07, 6.45) is 2.97. The Labute approximate surface area is 145 Å². The lowest BCUT2D eigenvalue weighted by molar-refractivity contribution is 0.0635. The normalized spacial score (nSPS) is 11.3. The van der Waals surface area contributed by atoms with Crippen LogP contribution in [0.2, 0.25) is 0 Å². The Morgan fingerprint density at radius 1 is 1.28 bits per heavy atom. The van der Waals surface area contributed by atoms with Crippen molar-refractivity contribution in [3.63, 3.8) is 0 Å². The molecule has 2 aromatic heterocycles. The number of pyridine rings is 1. The molecule has 3 aromatic rings. The van der Waals surface area contributed by atoms with Crippen LogP contribution in [0, 0.1) is 0 Å². The van der Waals surface area contributed by atoms with Crippen molar-refractivity contribution in [2.24, 2.45) is 0 Å². The van der Waals surface area contributed by atoms with Crippen LogP contribution in [0.5, 0.6) is 0 Å². The maximum atomic E-state index is 12.0. The smallest absolute Gasteiger partial charge is 0.412 e. The van der Waals surface area contributed by atoms with Gasteiger partial charge in [-0.05, 0) is 51.1 Å². The first kappa shape index (κ1) is 16.8. The van der Waals surface area contributed by atoms with Crippen LogP contribution in [0.4, 0.5) is 16.2 Å². The maximum absolute atomic E-state index is 12.0. The number of aromatic amines is 1. The van der Waals surface area contributed by atoms with Crippen LogP contribution in [0.25, 0.3) is 10.9 Å². The van der Waals surface area contributed by atoms with Crippen molar-refractivity contribution in [3.05, 3.63) is 48.4 Å². The third-order valence-electron chi connectivity index (χ3n) is 3.43. The van der Waals surface area contributed by atoms with Crippen LogP contribution >= 0.6 is 0 Å². The van der Waals surface area contributed by atoms with Gasteiger partial charge >= 0.3 is 6.09 Å². The Balaban J connectivity index is 1.69. The summed E-state index contributed by atoms with van der Waals surface area (Å²) in [7, 11) is 0. The van der Waals surface area contributed by atoms with E-state index >= 15 is 0 Å². The Bertz CT molecular complexity index is 882. The summed E-state index contributed by atoms with van der Waals surface area (Å²) in [5.74, 6) is 0. The molecule has 0 unspecified atom stereocenters. The molecule has 7 heteroatoms. The van der Waals surface area contributed by atoms with Crippen molar-refractivity contribution in [1.29, 1.82) is 0 Å². The van der Waals surface area contributed by atoms with Crippen LogP contribution in [0.15, 0.2) is 42.7 Å². The number of anilines is 2. The quantitative estimate of drug-likeness (QED) is 0.670. The molecule has 25 heavy (non-hydrogen) atoms. The second-order valence-corrected chi connectivity index (χ2v) is 6.65. The standard InChI is InChI=1S/C18H21N5O2/c1-18(2,3)25-17(24)22-15-5-4-8-19-16(15)11-20-13-6-7-14-12(9-13)10-21-23-14/h4-10,20H,11H2,1-3H3,(H,21,23)(H,22,24). The number of amides is 1. The number of nitrogens with one attached hydrogen (secondary N) is 3. The molecular weight excluding hydrogens is 318 g/mol. The topological polar surface area (TPSA) is 91.9 Å². The van der Waals surface area contributed by atoms with E-state index in [2.05, 4.69) is 25.8 Å². The van der Waals surface area contributed by atoms with E-state index in [9.17, 15) is 4.79 Å². The molecule has 1 aromatic carbocycles. The van der Waals surface area contributed by atoms with E-state index in [0.717, 1.165) is 22.3 Å². The lowest BCUT2D eigenvalue weighted by Crippen LogP contribution is -2.27.